The van der Waals surface area contributed by atoms with Crippen LogP contribution in [0.25, 0.3) is 11.3 Å². The highest BCUT2D eigenvalue weighted by Crippen LogP contribution is 2.22. The minimum absolute atomic E-state index is 0.473. The van der Waals surface area contributed by atoms with Gasteiger partial charge < -0.3 is 5.32 Å². The molecule has 0 unspecified atom stereocenters. The van der Waals surface area contributed by atoms with Crippen LogP contribution in [0.4, 0.5) is 0 Å². The molecule has 0 aliphatic rings. The Labute approximate surface area is 157 Å². The Morgan fingerprint density at radius 2 is 1.85 bits per heavy atom. The summed E-state index contributed by atoms with van der Waals surface area (Å²) in [5.74, 6) is 0. The maximum absolute atomic E-state index is 8.83. The second-order valence-corrected chi connectivity index (χ2v) is 7.14. The maximum atomic E-state index is 8.83. The van der Waals surface area contributed by atoms with Gasteiger partial charge in [0.15, 0.2) is 0 Å². The smallest absolute Gasteiger partial charge is 0.0968 e. The number of aryl methyl sites for hydroxylation is 1. The molecule has 0 atom stereocenters. The van der Waals surface area contributed by atoms with Crippen molar-refractivity contribution in [3.63, 3.8) is 0 Å². The molecule has 1 aromatic heterocycles. The lowest BCUT2D eigenvalue weighted by molar-refractivity contribution is 0.176. The fraction of sp³-hybridized carbons (Fsp3) is 0.524. The standard InChI is InChI=1S/C21H31N5/c1-17(2)26(18(3)4)14-12-23-15-20-16-25(13-8-11-22)24-21(20)19-9-6-5-7-10-19/h5-7,9-10,16-18,23H,8,12-15H2,1-4H3. The Balaban J connectivity index is 2.03. The van der Waals surface area contributed by atoms with E-state index in [1.807, 2.05) is 22.9 Å². The van der Waals surface area contributed by atoms with Crippen LogP contribution < -0.4 is 5.32 Å². The second-order valence-electron chi connectivity index (χ2n) is 7.14. The molecule has 5 nitrogen and oxygen atoms in total. The van der Waals surface area contributed by atoms with E-state index in [1.165, 1.54) is 5.56 Å². The summed E-state index contributed by atoms with van der Waals surface area (Å²) in [5, 5.41) is 17.1. The summed E-state index contributed by atoms with van der Waals surface area (Å²) >= 11 is 0. The maximum Gasteiger partial charge on any atom is 0.0968 e. The van der Waals surface area contributed by atoms with Crippen molar-refractivity contribution in [2.45, 2.75) is 59.3 Å². The van der Waals surface area contributed by atoms with Crippen molar-refractivity contribution < 1.29 is 0 Å². The minimum atomic E-state index is 0.473. The molecular weight excluding hydrogens is 322 g/mol. The lowest BCUT2D eigenvalue weighted by atomic mass is 10.1. The van der Waals surface area contributed by atoms with E-state index in [1.54, 1.807) is 0 Å². The van der Waals surface area contributed by atoms with Gasteiger partial charge in [0.25, 0.3) is 0 Å². The SMILES string of the molecule is CC(C)N(CCNCc1cn(CCC#N)nc1-c1ccccc1)C(C)C. The van der Waals surface area contributed by atoms with E-state index in [0.29, 0.717) is 25.0 Å². The van der Waals surface area contributed by atoms with E-state index >= 15 is 0 Å². The molecule has 0 fully saturated rings. The number of nitrogens with zero attached hydrogens (tertiary/aromatic N) is 4. The van der Waals surface area contributed by atoms with Gasteiger partial charge in [0.1, 0.15) is 0 Å². The highest BCUT2D eigenvalue weighted by atomic mass is 15.3. The van der Waals surface area contributed by atoms with Gasteiger partial charge in [-0.25, -0.2) is 0 Å². The number of hydrogen-bond acceptors (Lipinski definition) is 4. The molecule has 26 heavy (non-hydrogen) atoms. The van der Waals surface area contributed by atoms with Crippen LogP contribution in [0.15, 0.2) is 36.5 Å². The molecule has 0 aliphatic carbocycles. The minimum Gasteiger partial charge on any atom is -0.311 e. The summed E-state index contributed by atoms with van der Waals surface area (Å²) < 4.78 is 1.89. The number of nitrogens with one attached hydrogen (secondary N) is 1. The molecule has 0 spiro atoms. The molecule has 0 bridgehead atoms. The Kier molecular flexibility index (Phi) is 7.83. The first kappa shape index (κ1) is 20.2. The molecule has 0 saturated carbocycles. The molecule has 2 rings (SSSR count). The highest BCUT2D eigenvalue weighted by molar-refractivity contribution is 5.62. The van der Waals surface area contributed by atoms with Crippen molar-refractivity contribution in [1.82, 2.24) is 20.0 Å². The van der Waals surface area contributed by atoms with Crippen LogP contribution in [-0.4, -0.2) is 39.9 Å². The normalized spacial score (nSPS) is 11.5. The van der Waals surface area contributed by atoms with Crippen LogP contribution in [0.3, 0.4) is 0 Å². The van der Waals surface area contributed by atoms with Crippen LogP contribution in [0.1, 0.15) is 39.7 Å². The van der Waals surface area contributed by atoms with E-state index in [4.69, 9.17) is 10.4 Å². The van der Waals surface area contributed by atoms with E-state index < -0.39 is 0 Å². The number of rotatable bonds is 10. The van der Waals surface area contributed by atoms with Gasteiger partial charge in [0.05, 0.1) is 24.7 Å². The van der Waals surface area contributed by atoms with Crippen LogP contribution in [0.5, 0.6) is 0 Å². The van der Waals surface area contributed by atoms with Gasteiger partial charge >= 0.3 is 0 Å². The summed E-state index contributed by atoms with van der Waals surface area (Å²) in [6.07, 6.45) is 2.54. The molecule has 0 amide bonds. The fourth-order valence-corrected chi connectivity index (χ4v) is 3.25. The van der Waals surface area contributed by atoms with Crippen LogP contribution in [0, 0.1) is 11.3 Å². The molecule has 0 saturated heterocycles. The molecule has 2 aromatic rings. The molecule has 5 heteroatoms. The number of benzene rings is 1. The van der Waals surface area contributed by atoms with Crippen LogP contribution in [-0.2, 0) is 13.1 Å². The van der Waals surface area contributed by atoms with Gasteiger partial charge in [0.2, 0.25) is 0 Å². The van der Waals surface area contributed by atoms with Gasteiger partial charge in [-0.2, -0.15) is 10.4 Å². The summed E-state index contributed by atoms with van der Waals surface area (Å²) in [7, 11) is 0. The fourth-order valence-electron chi connectivity index (χ4n) is 3.25. The van der Waals surface area contributed by atoms with E-state index in [2.05, 4.69) is 62.3 Å². The zero-order chi connectivity index (χ0) is 18.9. The van der Waals surface area contributed by atoms with Crippen molar-refractivity contribution in [3.05, 3.63) is 42.1 Å². The third-order valence-electron chi connectivity index (χ3n) is 4.53. The summed E-state index contributed by atoms with van der Waals surface area (Å²) in [6, 6.07) is 13.5. The van der Waals surface area contributed by atoms with Crippen LogP contribution >= 0.6 is 0 Å². The Morgan fingerprint density at radius 1 is 1.15 bits per heavy atom. The first-order valence-corrected chi connectivity index (χ1v) is 9.48. The predicted molar refractivity (Wildman–Crippen MR) is 107 cm³/mol. The second kappa shape index (κ2) is 10.1. The molecule has 1 N–H and O–H groups in total. The zero-order valence-electron chi connectivity index (χ0n) is 16.4. The van der Waals surface area contributed by atoms with E-state index in [9.17, 15) is 0 Å². The number of aromatic nitrogens is 2. The first-order chi connectivity index (χ1) is 12.5. The first-order valence-electron chi connectivity index (χ1n) is 9.48. The zero-order valence-corrected chi connectivity index (χ0v) is 16.4. The van der Waals surface area contributed by atoms with Gasteiger partial charge in [-0.05, 0) is 27.7 Å². The lowest BCUT2D eigenvalue weighted by Crippen LogP contribution is -2.41. The third kappa shape index (κ3) is 5.69. The number of hydrogen-bond donors (Lipinski definition) is 1. The monoisotopic (exact) mass is 353 g/mol. The van der Waals surface area contributed by atoms with Crippen molar-refractivity contribution in [1.29, 1.82) is 5.26 Å². The highest BCUT2D eigenvalue weighted by Gasteiger charge is 2.14. The summed E-state index contributed by atoms with van der Waals surface area (Å²) in [5.41, 5.74) is 3.29. The van der Waals surface area contributed by atoms with Gasteiger partial charge in [-0.1, -0.05) is 30.3 Å². The molecule has 140 valence electrons. The van der Waals surface area contributed by atoms with Gasteiger partial charge in [-0.3, -0.25) is 9.58 Å². The topological polar surface area (TPSA) is 56.9 Å². The van der Waals surface area contributed by atoms with Crippen molar-refractivity contribution in [3.8, 4) is 17.3 Å². The van der Waals surface area contributed by atoms with E-state index in [0.717, 1.165) is 30.9 Å². The lowest BCUT2D eigenvalue weighted by Gasteiger charge is -2.30. The Bertz CT molecular complexity index is 689. The molecule has 0 radical (unpaired) electrons. The average molecular weight is 354 g/mol. The van der Waals surface area contributed by atoms with Crippen molar-refractivity contribution in [2.24, 2.45) is 0 Å². The largest absolute Gasteiger partial charge is 0.311 e. The predicted octanol–water partition coefficient (Wildman–Crippen LogP) is 3.67. The molecular formula is C21H31N5. The average Bonchev–Trinajstić information content (AvgIpc) is 3.03. The Morgan fingerprint density at radius 3 is 2.46 bits per heavy atom. The van der Waals surface area contributed by atoms with E-state index in [-0.39, 0.29) is 0 Å². The quantitative estimate of drug-likeness (QED) is 0.662. The number of nitriles is 1. The van der Waals surface area contributed by atoms with Crippen molar-refractivity contribution in [2.75, 3.05) is 13.1 Å². The van der Waals surface area contributed by atoms with Gasteiger partial charge in [-0.15, -0.1) is 0 Å². The van der Waals surface area contributed by atoms with Crippen LogP contribution in [0.2, 0.25) is 0 Å². The third-order valence-corrected chi connectivity index (χ3v) is 4.53. The summed E-state index contributed by atoms with van der Waals surface area (Å²) in [6.45, 7) is 12.3. The van der Waals surface area contributed by atoms with Gasteiger partial charge in [0, 0.05) is 49.0 Å². The molecule has 1 aromatic carbocycles. The molecule has 0 aliphatic heterocycles. The summed E-state index contributed by atoms with van der Waals surface area (Å²) in [4.78, 5) is 2.49. The molecule has 1 heterocycles. The Hall–Kier alpha value is -2.16. The van der Waals surface area contributed by atoms with Crippen molar-refractivity contribution >= 4 is 0 Å².